The van der Waals surface area contributed by atoms with Gasteiger partial charge in [-0.15, -0.1) is 0 Å². The molecule has 2 N–H and O–H groups in total. The predicted octanol–water partition coefficient (Wildman–Crippen LogP) is 3.02. The van der Waals surface area contributed by atoms with Gasteiger partial charge in [0.2, 0.25) is 0 Å². The number of rotatable bonds is 6. The zero-order valence-corrected chi connectivity index (χ0v) is 11.4. The van der Waals surface area contributed by atoms with Crippen LogP contribution < -0.4 is 5.73 Å². The normalized spacial score (nSPS) is 13.1. The van der Waals surface area contributed by atoms with Crippen molar-refractivity contribution in [2.45, 2.75) is 45.1 Å². The number of hydrogen-bond acceptors (Lipinski definition) is 2. The van der Waals surface area contributed by atoms with Crippen molar-refractivity contribution in [3.8, 4) is 0 Å². The van der Waals surface area contributed by atoms with Gasteiger partial charge in [-0.25, -0.2) is 4.98 Å². The summed E-state index contributed by atoms with van der Waals surface area (Å²) in [5.41, 5.74) is 8.34. The number of nitrogens with two attached hydrogens (primary N) is 1. The van der Waals surface area contributed by atoms with Crippen molar-refractivity contribution in [2.24, 2.45) is 12.8 Å². The van der Waals surface area contributed by atoms with E-state index in [-0.39, 0.29) is 0 Å². The largest absolute Gasteiger partial charge is 0.331 e. The number of aromatic nitrogens is 2. The van der Waals surface area contributed by atoms with Crippen LogP contribution in [0.1, 0.15) is 38.4 Å². The fourth-order valence-electron chi connectivity index (χ4n) is 2.46. The van der Waals surface area contributed by atoms with E-state index in [9.17, 15) is 0 Å². The molecule has 98 valence electrons. The number of imidazole rings is 1. The molecule has 0 fully saturated rings. The SMILES string of the molecule is CCCC(N)CCCc1nc2ccccc2n1C. The summed E-state index contributed by atoms with van der Waals surface area (Å²) in [6.45, 7) is 2.19. The molecule has 1 unspecified atom stereocenters. The number of hydrogen-bond donors (Lipinski definition) is 1. The summed E-state index contributed by atoms with van der Waals surface area (Å²) < 4.78 is 2.20. The number of para-hydroxylation sites is 2. The van der Waals surface area contributed by atoms with Gasteiger partial charge in [-0.1, -0.05) is 25.5 Å². The molecule has 2 rings (SSSR count). The van der Waals surface area contributed by atoms with Crippen molar-refractivity contribution >= 4 is 11.0 Å². The lowest BCUT2D eigenvalue weighted by molar-refractivity contribution is 0.533. The van der Waals surface area contributed by atoms with Crippen molar-refractivity contribution in [3.05, 3.63) is 30.1 Å². The third kappa shape index (κ3) is 2.91. The molecule has 0 saturated heterocycles. The van der Waals surface area contributed by atoms with Crippen molar-refractivity contribution in [1.82, 2.24) is 9.55 Å². The van der Waals surface area contributed by atoms with Crippen LogP contribution >= 0.6 is 0 Å². The van der Waals surface area contributed by atoms with Crippen LogP contribution in [0.4, 0.5) is 0 Å². The maximum absolute atomic E-state index is 6.03. The highest BCUT2D eigenvalue weighted by atomic mass is 15.1. The Balaban J connectivity index is 1.97. The molecule has 1 aromatic heterocycles. The molecule has 0 aliphatic carbocycles. The molecular formula is C15H23N3. The van der Waals surface area contributed by atoms with E-state index in [2.05, 4.69) is 41.7 Å². The molecule has 0 bridgehead atoms. The zero-order chi connectivity index (χ0) is 13.0. The molecule has 1 atom stereocenters. The van der Waals surface area contributed by atoms with Crippen LogP contribution in [-0.4, -0.2) is 15.6 Å². The molecule has 1 heterocycles. The second-order valence-electron chi connectivity index (χ2n) is 5.02. The Kier molecular flexibility index (Phi) is 4.37. The first kappa shape index (κ1) is 13.1. The van der Waals surface area contributed by atoms with Gasteiger partial charge in [-0.2, -0.15) is 0 Å². The maximum Gasteiger partial charge on any atom is 0.109 e. The van der Waals surface area contributed by atoms with E-state index < -0.39 is 0 Å². The van der Waals surface area contributed by atoms with Crippen molar-refractivity contribution in [2.75, 3.05) is 0 Å². The van der Waals surface area contributed by atoms with Gasteiger partial charge in [0.15, 0.2) is 0 Å². The van der Waals surface area contributed by atoms with E-state index in [0.29, 0.717) is 6.04 Å². The van der Waals surface area contributed by atoms with Crippen molar-refractivity contribution < 1.29 is 0 Å². The minimum atomic E-state index is 0.352. The molecule has 0 aliphatic rings. The minimum Gasteiger partial charge on any atom is -0.331 e. The Hall–Kier alpha value is -1.35. The molecule has 0 amide bonds. The minimum absolute atomic E-state index is 0.352. The number of fused-ring (bicyclic) bond motifs is 1. The second kappa shape index (κ2) is 6.01. The van der Waals surface area contributed by atoms with Crippen LogP contribution in [-0.2, 0) is 13.5 Å². The van der Waals surface area contributed by atoms with Gasteiger partial charge in [0.05, 0.1) is 11.0 Å². The van der Waals surface area contributed by atoms with Gasteiger partial charge in [0.25, 0.3) is 0 Å². The first-order chi connectivity index (χ1) is 8.72. The standard InChI is InChI=1S/C15H23N3/c1-3-7-12(16)8-6-11-15-17-13-9-4-5-10-14(13)18(15)2/h4-5,9-10,12H,3,6-8,11,16H2,1-2H3. The lowest BCUT2D eigenvalue weighted by atomic mass is 10.1. The van der Waals surface area contributed by atoms with Gasteiger partial charge < -0.3 is 10.3 Å². The summed E-state index contributed by atoms with van der Waals surface area (Å²) >= 11 is 0. The fraction of sp³-hybridized carbons (Fsp3) is 0.533. The maximum atomic E-state index is 6.03. The van der Waals surface area contributed by atoms with E-state index >= 15 is 0 Å². The highest BCUT2D eigenvalue weighted by Gasteiger charge is 2.07. The van der Waals surface area contributed by atoms with Crippen LogP contribution in [0.25, 0.3) is 11.0 Å². The van der Waals surface area contributed by atoms with Gasteiger partial charge >= 0.3 is 0 Å². The Morgan fingerprint density at radius 2 is 2.06 bits per heavy atom. The molecule has 0 saturated carbocycles. The molecule has 0 aliphatic heterocycles. The van der Waals surface area contributed by atoms with E-state index in [1.807, 2.05) is 6.07 Å². The quantitative estimate of drug-likeness (QED) is 0.850. The lowest BCUT2D eigenvalue weighted by Gasteiger charge is -2.09. The van der Waals surface area contributed by atoms with Crippen LogP contribution in [0, 0.1) is 0 Å². The summed E-state index contributed by atoms with van der Waals surface area (Å²) in [5, 5.41) is 0. The van der Waals surface area contributed by atoms with E-state index in [1.54, 1.807) is 0 Å². The van der Waals surface area contributed by atoms with Crippen LogP contribution in [0.2, 0.25) is 0 Å². The van der Waals surface area contributed by atoms with Crippen LogP contribution in [0.5, 0.6) is 0 Å². The summed E-state index contributed by atoms with van der Waals surface area (Å²) in [6.07, 6.45) is 5.54. The Morgan fingerprint density at radius 1 is 1.28 bits per heavy atom. The third-order valence-corrected chi connectivity index (χ3v) is 3.51. The zero-order valence-electron chi connectivity index (χ0n) is 11.4. The highest BCUT2D eigenvalue weighted by Crippen LogP contribution is 2.16. The Labute approximate surface area is 109 Å². The van der Waals surface area contributed by atoms with E-state index in [1.165, 1.54) is 17.8 Å². The number of nitrogens with zero attached hydrogens (tertiary/aromatic N) is 2. The smallest absolute Gasteiger partial charge is 0.109 e. The molecule has 0 radical (unpaired) electrons. The van der Waals surface area contributed by atoms with Gasteiger partial charge in [-0.05, 0) is 31.4 Å². The average molecular weight is 245 g/mol. The average Bonchev–Trinajstić information content (AvgIpc) is 2.68. The molecule has 1 aromatic carbocycles. The summed E-state index contributed by atoms with van der Waals surface area (Å²) in [7, 11) is 2.09. The van der Waals surface area contributed by atoms with Crippen LogP contribution in [0.15, 0.2) is 24.3 Å². The molecule has 0 spiro atoms. The number of aryl methyl sites for hydroxylation is 2. The summed E-state index contributed by atoms with van der Waals surface area (Å²) in [4.78, 5) is 4.68. The molecular weight excluding hydrogens is 222 g/mol. The Morgan fingerprint density at radius 3 is 2.78 bits per heavy atom. The number of benzene rings is 1. The topological polar surface area (TPSA) is 43.8 Å². The van der Waals surface area contributed by atoms with Gasteiger partial charge in [0, 0.05) is 19.5 Å². The van der Waals surface area contributed by atoms with E-state index in [4.69, 9.17) is 5.73 Å². The third-order valence-electron chi connectivity index (χ3n) is 3.51. The summed E-state index contributed by atoms with van der Waals surface area (Å²) in [5.74, 6) is 1.17. The van der Waals surface area contributed by atoms with Gasteiger partial charge in [-0.3, -0.25) is 0 Å². The second-order valence-corrected chi connectivity index (χ2v) is 5.02. The first-order valence-corrected chi connectivity index (χ1v) is 6.88. The fourth-order valence-corrected chi connectivity index (χ4v) is 2.46. The lowest BCUT2D eigenvalue weighted by Crippen LogP contribution is -2.19. The van der Waals surface area contributed by atoms with Crippen molar-refractivity contribution in [1.29, 1.82) is 0 Å². The van der Waals surface area contributed by atoms with Crippen LogP contribution in [0.3, 0.4) is 0 Å². The monoisotopic (exact) mass is 245 g/mol. The molecule has 2 aromatic rings. The predicted molar refractivity (Wildman–Crippen MR) is 76.5 cm³/mol. The first-order valence-electron chi connectivity index (χ1n) is 6.88. The Bertz CT molecular complexity index is 501. The molecule has 3 heteroatoms. The van der Waals surface area contributed by atoms with Crippen molar-refractivity contribution in [3.63, 3.8) is 0 Å². The van der Waals surface area contributed by atoms with Gasteiger partial charge in [0.1, 0.15) is 5.82 Å². The molecule has 3 nitrogen and oxygen atoms in total. The molecule has 18 heavy (non-hydrogen) atoms. The highest BCUT2D eigenvalue weighted by molar-refractivity contribution is 5.75. The van der Waals surface area contributed by atoms with E-state index in [0.717, 1.165) is 31.2 Å². The summed E-state index contributed by atoms with van der Waals surface area (Å²) in [6, 6.07) is 8.64.